The molecule has 0 amide bonds. The van der Waals surface area contributed by atoms with Gasteiger partial charge in [0.25, 0.3) is 0 Å². The number of aliphatic hydroxyl groups excluding tert-OH is 2. The highest BCUT2D eigenvalue weighted by Gasteiger charge is 2.27. The molecule has 1 rings (SSSR count). The lowest BCUT2D eigenvalue weighted by Crippen LogP contribution is -2.30. The molecule has 0 aromatic heterocycles. The molecule has 1 aromatic carbocycles. The van der Waals surface area contributed by atoms with E-state index in [1.165, 1.54) is 12.1 Å². The van der Waals surface area contributed by atoms with E-state index in [-0.39, 0.29) is 17.1 Å². The summed E-state index contributed by atoms with van der Waals surface area (Å²) in [4.78, 5) is 21.5. The highest BCUT2D eigenvalue weighted by atomic mass is 32.2. The van der Waals surface area contributed by atoms with Crippen molar-refractivity contribution in [3.63, 3.8) is 0 Å². The van der Waals surface area contributed by atoms with Crippen LogP contribution in [0.15, 0.2) is 29.2 Å². The van der Waals surface area contributed by atoms with E-state index in [0.29, 0.717) is 0 Å². The van der Waals surface area contributed by atoms with Crippen LogP contribution in [0.4, 0.5) is 0 Å². The average Bonchev–Trinajstić information content (AvgIpc) is 2.52. The number of sulfonamides is 1. The number of aliphatic carboxylic acids is 1. The third kappa shape index (κ3) is 5.28. The van der Waals surface area contributed by atoms with Crippen LogP contribution in [0.5, 0.6) is 0 Å². The Morgan fingerprint density at radius 3 is 2.26 bits per heavy atom. The molecule has 4 N–H and O–H groups in total. The van der Waals surface area contributed by atoms with E-state index in [0.717, 1.165) is 12.1 Å². The van der Waals surface area contributed by atoms with Crippen LogP contribution in [-0.4, -0.2) is 54.9 Å². The number of nitrogens with one attached hydrogen (secondary N) is 1. The van der Waals surface area contributed by atoms with Crippen LogP contribution in [0.1, 0.15) is 18.6 Å². The van der Waals surface area contributed by atoms with Gasteiger partial charge in [0.05, 0.1) is 11.5 Å². The molecule has 2 unspecified atom stereocenters. The Bertz CT molecular complexity index is 655. The Balaban J connectivity index is 2.87. The molecule has 0 radical (unpaired) electrons. The van der Waals surface area contributed by atoms with E-state index in [1.807, 2.05) is 4.72 Å². The van der Waals surface area contributed by atoms with Crippen LogP contribution < -0.4 is 4.72 Å². The Morgan fingerprint density at radius 1 is 1.22 bits per heavy atom. The third-order valence-electron chi connectivity index (χ3n) is 2.77. The van der Waals surface area contributed by atoms with Gasteiger partial charge < -0.3 is 20.1 Å². The van der Waals surface area contributed by atoms with Gasteiger partial charge in [0.1, 0.15) is 12.6 Å². The summed E-state index contributed by atoms with van der Waals surface area (Å²) in [6.45, 7) is 0.810. The molecule has 0 saturated heterocycles. The quantitative estimate of drug-likeness (QED) is 0.438. The number of carbonyl (C=O) groups is 2. The summed E-state index contributed by atoms with van der Waals surface area (Å²) in [5.41, 5.74) is 0.0998. The second-order valence-electron chi connectivity index (χ2n) is 4.43. The molecule has 0 aliphatic rings. The van der Waals surface area contributed by atoms with Crippen LogP contribution in [-0.2, 0) is 24.3 Å². The normalized spacial score (nSPS) is 14.0. The number of carbonyl (C=O) groups excluding carboxylic acids is 1. The fourth-order valence-electron chi connectivity index (χ4n) is 1.62. The summed E-state index contributed by atoms with van der Waals surface area (Å²) in [7, 11) is -4.01. The molecule has 10 heteroatoms. The summed E-state index contributed by atoms with van der Waals surface area (Å²) >= 11 is 0. The highest BCUT2D eigenvalue weighted by molar-refractivity contribution is 7.89. The topological polar surface area (TPSA) is 150 Å². The van der Waals surface area contributed by atoms with Crippen molar-refractivity contribution in [2.75, 3.05) is 13.2 Å². The van der Waals surface area contributed by atoms with Crippen molar-refractivity contribution in [3.8, 4) is 0 Å². The van der Waals surface area contributed by atoms with Gasteiger partial charge in [0.15, 0.2) is 6.10 Å². The summed E-state index contributed by atoms with van der Waals surface area (Å²) in [6, 6.07) is 4.62. The lowest BCUT2D eigenvalue weighted by Gasteiger charge is -2.17. The Labute approximate surface area is 132 Å². The molecule has 23 heavy (non-hydrogen) atoms. The highest BCUT2D eigenvalue weighted by Crippen LogP contribution is 2.20. The number of carboxylic acid groups (broad SMARTS) is 1. The number of aliphatic hydroxyl groups is 2. The first-order chi connectivity index (χ1) is 10.7. The molecule has 0 saturated carbocycles. The van der Waals surface area contributed by atoms with Crippen LogP contribution in [0.2, 0.25) is 0 Å². The molecule has 2 atom stereocenters. The maximum absolute atomic E-state index is 11.8. The van der Waals surface area contributed by atoms with Crippen molar-refractivity contribution in [1.29, 1.82) is 0 Å². The number of ether oxygens (including phenoxy) is 1. The van der Waals surface area contributed by atoms with Crippen molar-refractivity contribution in [2.24, 2.45) is 0 Å². The largest absolute Gasteiger partial charge is 0.480 e. The molecule has 1 aromatic rings. The lowest BCUT2D eigenvalue weighted by atomic mass is 10.0. The molecule has 128 valence electrons. The van der Waals surface area contributed by atoms with Gasteiger partial charge in [-0.05, 0) is 24.6 Å². The van der Waals surface area contributed by atoms with E-state index >= 15 is 0 Å². The van der Waals surface area contributed by atoms with Crippen LogP contribution in [0, 0.1) is 0 Å². The molecule has 9 nitrogen and oxygen atoms in total. The number of benzene rings is 1. The van der Waals surface area contributed by atoms with E-state index < -0.39 is 40.7 Å². The number of carboxylic acids is 1. The van der Waals surface area contributed by atoms with Gasteiger partial charge in [-0.3, -0.25) is 4.79 Å². The van der Waals surface area contributed by atoms with Gasteiger partial charge >= 0.3 is 11.9 Å². The van der Waals surface area contributed by atoms with Gasteiger partial charge in [0, 0.05) is 0 Å². The zero-order valence-corrected chi connectivity index (χ0v) is 13.0. The van der Waals surface area contributed by atoms with E-state index in [4.69, 9.17) is 5.11 Å². The predicted octanol–water partition coefficient (Wildman–Crippen LogP) is -0.993. The average molecular weight is 347 g/mol. The van der Waals surface area contributed by atoms with Crippen LogP contribution in [0.3, 0.4) is 0 Å². The van der Waals surface area contributed by atoms with E-state index in [2.05, 4.69) is 4.74 Å². The number of esters is 1. The predicted molar refractivity (Wildman–Crippen MR) is 76.9 cm³/mol. The Kier molecular flexibility index (Phi) is 6.63. The van der Waals surface area contributed by atoms with Crippen molar-refractivity contribution >= 4 is 22.0 Å². The van der Waals surface area contributed by atoms with E-state index in [9.17, 15) is 28.2 Å². The molecule has 0 aliphatic heterocycles. The summed E-state index contributed by atoms with van der Waals surface area (Å²) in [5, 5.41) is 28.0. The monoisotopic (exact) mass is 347 g/mol. The fourth-order valence-corrected chi connectivity index (χ4v) is 2.60. The minimum atomic E-state index is -4.01. The van der Waals surface area contributed by atoms with Crippen LogP contribution >= 0.6 is 0 Å². The number of hydrogen-bond donors (Lipinski definition) is 4. The van der Waals surface area contributed by atoms with Gasteiger partial charge in [-0.25, -0.2) is 13.2 Å². The lowest BCUT2D eigenvalue weighted by molar-refractivity contribution is -0.159. The van der Waals surface area contributed by atoms with E-state index in [1.54, 1.807) is 6.92 Å². The standard InChI is InChI=1S/C13H17NO8S/c1-2-22-13(19)12(18)11(17)8-3-5-9(6-4-8)23(20,21)14-7-10(15)16/h3-6,11-12,14,17-18H,2,7H2,1H3,(H,15,16). The molecule has 0 spiro atoms. The molecule has 0 bridgehead atoms. The first-order valence-corrected chi connectivity index (χ1v) is 8.01. The van der Waals surface area contributed by atoms with Gasteiger partial charge in [0.2, 0.25) is 10.0 Å². The maximum atomic E-state index is 11.8. The molecule has 0 fully saturated rings. The van der Waals surface area contributed by atoms with Crippen molar-refractivity contribution in [3.05, 3.63) is 29.8 Å². The van der Waals surface area contributed by atoms with Gasteiger partial charge in [-0.2, -0.15) is 4.72 Å². The summed E-state index contributed by atoms with van der Waals surface area (Å²) in [6.07, 6.45) is -3.39. The first-order valence-electron chi connectivity index (χ1n) is 6.53. The number of hydrogen-bond acceptors (Lipinski definition) is 7. The third-order valence-corrected chi connectivity index (χ3v) is 4.19. The van der Waals surface area contributed by atoms with Gasteiger partial charge in [-0.15, -0.1) is 0 Å². The molecular weight excluding hydrogens is 330 g/mol. The SMILES string of the molecule is CCOC(=O)C(O)C(O)c1ccc(S(=O)(=O)NCC(=O)O)cc1. The maximum Gasteiger partial charge on any atom is 0.338 e. The Morgan fingerprint density at radius 2 is 1.78 bits per heavy atom. The molecule has 0 heterocycles. The first kappa shape index (κ1) is 19.0. The fraction of sp³-hybridized carbons (Fsp3) is 0.385. The Hall–Kier alpha value is -2.01. The van der Waals surface area contributed by atoms with Crippen molar-refractivity contribution in [2.45, 2.75) is 24.0 Å². The number of rotatable bonds is 8. The molecular formula is C13H17NO8S. The minimum Gasteiger partial charge on any atom is -0.480 e. The zero-order chi connectivity index (χ0) is 17.6. The summed E-state index contributed by atoms with van der Waals surface area (Å²) < 4.78 is 30.0. The van der Waals surface area contributed by atoms with Crippen molar-refractivity contribution < 1.29 is 38.1 Å². The smallest absolute Gasteiger partial charge is 0.338 e. The van der Waals surface area contributed by atoms with Crippen LogP contribution in [0.25, 0.3) is 0 Å². The van der Waals surface area contributed by atoms with Gasteiger partial charge in [-0.1, -0.05) is 12.1 Å². The van der Waals surface area contributed by atoms with Crippen molar-refractivity contribution in [1.82, 2.24) is 4.72 Å². The second-order valence-corrected chi connectivity index (χ2v) is 6.20. The zero-order valence-electron chi connectivity index (χ0n) is 12.2. The second kappa shape index (κ2) is 8.02. The molecule has 0 aliphatic carbocycles. The minimum absolute atomic E-state index is 0.0367. The summed E-state index contributed by atoms with van der Waals surface area (Å²) in [5.74, 6) is -2.34.